The molecule has 0 saturated carbocycles. The minimum atomic E-state index is -1.33. The standard InChI is InChI=1S/C27H30N6O8S2/c1-14(41-26(37)39-13-27(2,3)4)40-24(36)20-16(8-7-15-6-5-9-29-10-15)11-42-23-19(22(35)33(20)23)31-21(34)18(32-38)17-12-43-25(28)30-17/h5-10,12,14,19,23,38H,11,13H2,1-4H3,(H2,28,30)(H,31,34)/b8-7-,32-18?/t14?,19-,23+/m1/s1. The first-order valence-electron chi connectivity index (χ1n) is 12.9. The lowest BCUT2D eigenvalue weighted by molar-refractivity contribution is -0.169. The van der Waals surface area contributed by atoms with Crippen LogP contribution in [0.5, 0.6) is 0 Å². The smallest absolute Gasteiger partial charge is 0.434 e. The number of thioether (sulfide) groups is 1. The van der Waals surface area contributed by atoms with Crippen LogP contribution in [0.3, 0.4) is 0 Å². The Morgan fingerprint density at radius 1 is 1.30 bits per heavy atom. The Bertz CT molecular complexity index is 1480. The van der Waals surface area contributed by atoms with E-state index in [1.54, 1.807) is 30.6 Å². The molecular formula is C27H30N6O8S2. The molecule has 2 aromatic heterocycles. The Labute approximate surface area is 255 Å². The highest BCUT2D eigenvalue weighted by Gasteiger charge is 2.54. The van der Waals surface area contributed by atoms with Crippen LogP contribution in [0.25, 0.3) is 6.08 Å². The number of aromatic nitrogens is 2. The molecule has 3 atom stereocenters. The minimum absolute atomic E-state index is 0.0458. The van der Waals surface area contributed by atoms with Gasteiger partial charge in [-0.1, -0.05) is 44.1 Å². The number of rotatable bonds is 9. The Balaban J connectivity index is 1.52. The van der Waals surface area contributed by atoms with Crippen LogP contribution in [0.4, 0.5) is 9.93 Å². The van der Waals surface area contributed by atoms with Gasteiger partial charge in [-0.05, 0) is 22.6 Å². The number of β-lactam (4-membered cyclic amide) rings is 1. The first-order valence-corrected chi connectivity index (χ1v) is 14.9. The topological polar surface area (TPSA) is 196 Å². The number of carbonyl (C=O) groups is 4. The summed E-state index contributed by atoms with van der Waals surface area (Å²) >= 11 is 2.36. The van der Waals surface area contributed by atoms with E-state index in [1.165, 1.54) is 29.0 Å². The number of carbonyl (C=O) groups excluding carboxylic acids is 4. The number of nitrogens with zero attached hydrogens (tertiary/aromatic N) is 4. The zero-order valence-corrected chi connectivity index (χ0v) is 25.3. The quantitative estimate of drug-likeness (QED) is 0.0917. The average Bonchev–Trinajstić information content (AvgIpc) is 3.39. The minimum Gasteiger partial charge on any atom is -0.434 e. The number of fused-ring (bicyclic) bond motifs is 1. The average molecular weight is 631 g/mol. The number of nitrogens with one attached hydrogen (secondary N) is 1. The first-order chi connectivity index (χ1) is 20.4. The van der Waals surface area contributed by atoms with Gasteiger partial charge in [-0.3, -0.25) is 19.5 Å². The van der Waals surface area contributed by atoms with Gasteiger partial charge in [0, 0.05) is 30.5 Å². The molecule has 0 aromatic carbocycles. The van der Waals surface area contributed by atoms with Crippen LogP contribution in [0, 0.1) is 5.41 Å². The van der Waals surface area contributed by atoms with Crippen molar-refractivity contribution in [3.8, 4) is 0 Å². The van der Waals surface area contributed by atoms with Gasteiger partial charge in [-0.25, -0.2) is 14.6 Å². The number of nitrogens with two attached hydrogens (primary N) is 1. The van der Waals surface area contributed by atoms with Crippen LogP contribution in [0.1, 0.15) is 39.0 Å². The summed E-state index contributed by atoms with van der Waals surface area (Å²) in [5.74, 6) is -2.09. The maximum absolute atomic E-state index is 13.4. The zero-order chi connectivity index (χ0) is 31.3. The lowest BCUT2D eigenvalue weighted by Crippen LogP contribution is -2.71. The van der Waals surface area contributed by atoms with Crippen molar-refractivity contribution < 1.29 is 38.6 Å². The molecule has 2 amide bonds. The number of nitrogen functional groups attached to an aromatic ring is 1. The molecule has 2 aliphatic heterocycles. The van der Waals surface area contributed by atoms with E-state index in [1.807, 2.05) is 26.8 Å². The van der Waals surface area contributed by atoms with Gasteiger partial charge < -0.3 is 30.5 Å². The van der Waals surface area contributed by atoms with Crippen molar-refractivity contribution in [3.05, 3.63) is 58.5 Å². The van der Waals surface area contributed by atoms with Gasteiger partial charge in [0.2, 0.25) is 6.29 Å². The molecule has 0 radical (unpaired) electrons. The molecule has 16 heteroatoms. The highest BCUT2D eigenvalue weighted by atomic mass is 32.2. The molecule has 1 unspecified atom stereocenters. The fraction of sp³-hybridized carbons (Fsp3) is 0.370. The van der Waals surface area contributed by atoms with Crippen LogP contribution in [0.2, 0.25) is 0 Å². The molecule has 1 fully saturated rings. The van der Waals surface area contributed by atoms with Gasteiger partial charge in [0.25, 0.3) is 11.8 Å². The second-order valence-corrected chi connectivity index (χ2v) is 12.6. The van der Waals surface area contributed by atoms with E-state index < -0.39 is 47.4 Å². The number of esters is 1. The fourth-order valence-corrected chi connectivity index (χ4v) is 5.79. The van der Waals surface area contributed by atoms with Crippen LogP contribution in [-0.2, 0) is 28.6 Å². The Kier molecular flexibility index (Phi) is 9.70. The monoisotopic (exact) mass is 630 g/mol. The van der Waals surface area contributed by atoms with Gasteiger partial charge in [-0.2, -0.15) is 0 Å². The van der Waals surface area contributed by atoms with Gasteiger partial charge >= 0.3 is 12.1 Å². The number of oxime groups is 1. The van der Waals surface area contributed by atoms with Gasteiger partial charge in [0.15, 0.2) is 10.8 Å². The van der Waals surface area contributed by atoms with Gasteiger partial charge in [0.05, 0.1) is 6.61 Å². The number of ether oxygens (including phenoxy) is 3. The molecule has 228 valence electrons. The van der Waals surface area contributed by atoms with Gasteiger partial charge in [0.1, 0.15) is 22.8 Å². The van der Waals surface area contributed by atoms with E-state index in [-0.39, 0.29) is 34.3 Å². The third-order valence-corrected chi connectivity index (χ3v) is 7.85. The third kappa shape index (κ3) is 7.70. The van der Waals surface area contributed by atoms with Gasteiger partial charge in [-0.15, -0.1) is 23.1 Å². The zero-order valence-electron chi connectivity index (χ0n) is 23.7. The lowest BCUT2D eigenvalue weighted by Gasteiger charge is -2.49. The predicted molar refractivity (Wildman–Crippen MR) is 158 cm³/mol. The summed E-state index contributed by atoms with van der Waals surface area (Å²) in [4.78, 5) is 60.9. The van der Waals surface area contributed by atoms with E-state index in [0.717, 1.165) is 16.9 Å². The maximum atomic E-state index is 13.4. The van der Waals surface area contributed by atoms with E-state index in [4.69, 9.17) is 19.9 Å². The number of hydrogen-bond acceptors (Lipinski definition) is 14. The van der Waals surface area contributed by atoms with Crippen molar-refractivity contribution in [2.45, 2.75) is 45.4 Å². The van der Waals surface area contributed by atoms with E-state index in [0.29, 0.717) is 5.57 Å². The number of anilines is 1. The van der Waals surface area contributed by atoms with E-state index in [2.05, 4.69) is 20.4 Å². The molecule has 4 N–H and O–H groups in total. The Morgan fingerprint density at radius 2 is 2.07 bits per heavy atom. The first kappa shape index (κ1) is 31.5. The summed E-state index contributed by atoms with van der Waals surface area (Å²) in [5, 5.41) is 15.9. The van der Waals surface area contributed by atoms with Crippen LogP contribution in [-0.4, -0.2) is 79.8 Å². The van der Waals surface area contributed by atoms with Crippen molar-refractivity contribution in [2.24, 2.45) is 10.6 Å². The normalized spacial score (nSPS) is 19.4. The van der Waals surface area contributed by atoms with Crippen LogP contribution < -0.4 is 11.1 Å². The van der Waals surface area contributed by atoms with Crippen molar-refractivity contribution >= 4 is 64.0 Å². The summed E-state index contributed by atoms with van der Waals surface area (Å²) in [6, 6.07) is 2.53. The fourth-order valence-electron chi connectivity index (χ4n) is 3.93. The van der Waals surface area contributed by atoms with Crippen LogP contribution in [0.15, 0.2) is 52.4 Å². The molecular weight excluding hydrogens is 600 g/mol. The Morgan fingerprint density at radius 3 is 2.70 bits per heavy atom. The maximum Gasteiger partial charge on any atom is 0.511 e. The number of allylic oxidation sites excluding steroid dienone is 1. The molecule has 1 saturated heterocycles. The highest BCUT2D eigenvalue weighted by molar-refractivity contribution is 8.00. The summed E-state index contributed by atoms with van der Waals surface area (Å²) in [5.41, 5.74) is 6.10. The van der Waals surface area contributed by atoms with Crippen molar-refractivity contribution in [1.29, 1.82) is 0 Å². The third-order valence-electron chi connectivity index (χ3n) is 5.88. The molecule has 0 aliphatic carbocycles. The molecule has 2 aromatic rings. The predicted octanol–water partition coefficient (Wildman–Crippen LogP) is 2.75. The Hall–Kier alpha value is -4.44. The molecule has 43 heavy (non-hydrogen) atoms. The van der Waals surface area contributed by atoms with Crippen LogP contribution >= 0.6 is 23.1 Å². The largest absolute Gasteiger partial charge is 0.511 e. The molecule has 4 heterocycles. The summed E-state index contributed by atoms with van der Waals surface area (Å²) in [7, 11) is 0. The molecule has 14 nitrogen and oxygen atoms in total. The number of pyridine rings is 1. The SMILES string of the molecule is CC(OC(=O)OCC(C)(C)C)OC(=O)C1=C(/C=C\c2cccnc2)CS[C@H]2[C@H](NC(=O)C(=NO)c3csc(N)n3)C(=O)N12. The molecule has 2 aliphatic rings. The summed E-state index contributed by atoms with van der Waals surface area (Å²) < 4.78 is 15.5. The summed E-state index contributed by atoms with van der Waals surface area (Å²) in [6.07, 6.45) is 4.31. The number of hydrogen-bond donors (Lipinski definition) is 3. The van der Waals surface area contributed by atoms with Crippen molar-refractivity contribution in [2.75, 3.05) is 18.1 Å². The number of thiazole rings is 1. The molecule has 0 spiro atoms. The van der Waals surface area contributed by atoms with E-state index >= 15 is 0 Å². The number of amides is 2. The lowest BCUT2D eigenvalue weighted by atomic mass is 9.99. The van der Waals surface area contributed by atoms with E-state index in [9.17, 15) is 24.4 Å². The van der Waals surface area contributed by atoms with Crippen molar-refractivity contribution in [3.63, 3.8) is 0 Å². The van der Waals surface area contributed by atoms with Crippen molar-refractivity contribution in [1.82, 2.24) is 20.2 Å². The summed E-state index contributed by atoms with van der Waals surface area (Å²) in [6.45, 7) is 7.06. The highest BCUT2D eigenvalue weighted by Crippen LogP contribution is 2.41. The molecule has 0 bridgehead atoms. The second kappa shape index (κ2) is 13.2. The second-order valence-electron chi connectivity index (χ2n) is 10.6. The molecule has 4 rings (SSSR count).